The molecule has 34 heavy (non-hydrogen) atoms. The quantitative estimate of drug-likeness (QED) is 0.448. The van der Waals surface area contributed by atoms with Gasteiger partial charge in [-0.2, -0.15) is 0 Å². The van der Waals surface area contributed by atoms with E-state index in [0.717, 1.165) is 60.0 Å². The minimum absolute atomic E-state index is 0.00572. The van der Waals surface area contributed by atoms with Crippen molar-refractivity contribution < 1.29 is 0 Å². The van der Waals surface area contributed by atoms with Crippen LogP contribution in [0.25, 0.3) is 10.9 Å². The van der Waals surface area contributed by atoms with E-state index in [1.807, 2.05) is 4.68 Å². The lowest BCUT2D eigenvalue weighted by molar-refractivity contribution is 0.102. The van der Waals surface area contributed by atoms with Crippen LogP contribution in [-0.4, -0.2) is 36.1 Å². The molecule has 3 aromatic rings. The highest BCUT2D eigenvalue weighted by Gasteiger charge is 2.35. The first-order valence-corrected chi connectivity index (χ1v) is 12.9. The zero-order chi connectivity index (χ0) is 24.5. The highest BCUT2D eigenvalue weighted by Crippen LogP contribution is 2.36. The maximum absolute atomic E-state index is 13.2. The number of nitrogens with zero attached hydrogens (tertiary/aromatic N) is 5. The molecule has 0 aliphatic heterocycles. The van der Waals surface area contributed by atoms with Gasteiger partial charge in [-0.3, -0.25) is 9.69 Å². The van der Waals surface area contributed by atoms with E-state index >= 15 is 0 Å². The number of H-pyrrole nitrogens is 1. The summed E-state index contributed by atoms with van der Waals surface area (Å²) >= 11 is 0. The average Bonchev–Trinajstić information content (AvgIpc) is 3.49. The van der Waals surface area contributed by atoms with Crippen LogP contribution >= 0.6 is 0 Å². The molecule has 0 amide bonds. The van der Waals surface area contributed by atoms with Gasteiger partial charge < -0.3 is 4.98 Å². The Labute approximate surface area is 202 Å². The third-order valence-corrected chi connectivity index (χ3v) is 7.71. The fraction of sp³-hybridized carbons (Fsp3) is 0.630. The maximum Gasteiger partial charge on any atom is 0.252 e. The molecule has 1 aliphatic rings. The van der Waals surface area contributed by atoms with Gasteiger partial charge in [-0.15, -0.1) is 5.10 Å². The van der Waals surface area contributed by atoms with E-state index in [0.29, 0.717) is 12.6 Å². The Morgan fingerprint density at radius 1 is 1.18 bits per heavy atom. The molecule has 1 N–H and O–H groups in total. The van der Waals surface area contributed by atoms with E-state index in [9.17, 15) is 4.79 Å². The molecule has 1 aromatic carbocycles. The van der Waals surface area contributed by atoms with Crippen molar-refractivity contribution >= 4 is 10.9 Å². The standard InChI is InChI=1S/C27H40N6O/c1-7-11-23(25-29-30-31-33(25)27(5,6)8-2)32(22-12-9-10-13-22)17-21-16-20-15-18(3)14-19(4)24(20)28-26(21)34/h14-16,22-23H,7-13,17H2,1-6H3,(H,28,34)/t23-/m0/s1. The summed E-state index contributed by atoms with van der Waals surface area (Å²) in [6.07, 6.45) is 7.71. The van der Waals surface area contributed by atoms with Crippen LogP contribution < -0.4 is 5.56 Å². The molecule has 1 fully saturated rings. The van der Waals surface area contributed by atoms with Crippen LogP contribution in [0.4, 0.5) is 0 Å². The molecular formula is C27H40N6O. The Kier molecular flexibility index (Phi) is 7.22. The summed E-state index contributed by atoms with van der Waals surface area (Å²) in [6, 6.07) is 6.88. The summed E-state index contributed by atoms with van der Waals surface area (Å²) in [5, 5.41) is 14.2. The fourth-order valence-electron chi connectivity index (χ4n) is 5.48. The van der Waals surface area contributed by atoms with E-state index in [-0.39, 0.29) is 17.1 Å². The molecule has 0 unspecified atom stereocenters. The number of aromatic nitrogens is 5. The third kappa shape index (κ3) is 4.81. The van der Waals surface area contributed by atoms with Crippen molar-refractivity contribution in [1.29, 1.82) is 0 Å². The van der Waals surface area contributed by atoms with Crippen molar-refractivity contribution in [3.63, 3.8) is 0 Å². The van der Waals surface area contributed by atoms with Gasteiger partial charge in [0.2, 0.25) is 0 Å². The normalized spacial score (nSPS) is 16.1. The molecule has 0 spiro atoms. The average molecular weight is 465 g/mol. The van der Waals surface area contributed by atoms with Crippen molar-refractivity contribution in [1.82, 2.24) is 30.1 Å². The van der Waals surface area contributed by atoms with Crippen LogP contribution in [0.2, 0.25) is 0 Å². The topological polar surface area (TPSA) is 79.7 Å². The number of rotatable bonds is 9. The summed E-state index contributed by atoms with van der Waals surface area (Å²) in [5.41, 5.74) is 3.91. The van der Waals surface area contributed by atoms with Gasteiger partial charge in [-0.1, -0.05) is 44.7 Å². The number of pyridine rings is 1. The number of fused-ring (bicyclic) bond motifs is 1. The highest BCUT2D eigenvalue weighted by atomic mass is 16.1. The van der Waals surface area contributed by atoms with Crippen molar-refractivity contribution in [2.75, 3.05) is 0 Å². The van der Waals surface area contributed by atoms with Crippen LogP contribution in [0.15, 0.2) is 23.0 Å². The molecule has 184 valence electrons. The lowest BCUT2D eigenvalue weighted by Gasteiger charge is -2.37. The molecule has 0 bridgehead atoms. The summed E-state index contributed by atoms with van der Waals surface area (Å²) in [4.78, 5) is 18.9. The number of aromatic amines is 1. The SMILES string of the molecule is CCC[C@@H](c1nnnn1C(C)(C)CC)N(Cc1cc2cc(C)cc(C)c2[nH]c1=O)C1CCCC1. The molecule has 7 heteroatoms. The maximum atomic E-state index is 13.2. The van der Waals surface area contributed by atoms with E-state index < -0.39 is 0 Å². The Bertz CT molecular complexity index is 1190. The molecule has 0 radical (unpaired) electrons. The lowest BCUT2D eigenvalue weighted by Crippen LogP contribution is -2.41. The third-order valence-electron chi connectivity index (χ3n) is 7.71. The summed E-state index contributed by atoms with van der Waals surface area (Å²) in [7, 11) is 0. The van der Waals surface area contributed by atoms with E-state index in [1.165, 1.54) is 18.4 Å². The monoisotopic (exact) mass is 464 g/mol. The van der Waals surface area contributed by atoms with Crippen LogP contribution in [0.5, 0.6) is 0 Å². The van der Waals surface area contributed by atoms with Crippen LogP contribution in [0.3, 0.4) is 0 Å². The van der Waals surface area contributed by atoms with Gasteiger partial charge in [-0.05, 0) is 86.9 Å². The van der Waals surface area contributed by atoms with Crippen LogP contribution in [0.1, 0.15) is 101 Å². The number of hydrogen-bond acceptors (Lipinski definition) is 5. The Morgan fingerprint density at radius 2 is 1.91 bits per heavy atom. The second kappa shape index (κ2) is 9.98. The van der Waals surface area contributed by atoms with Crippen LogP contribution in [-0.2, 0) is 12.1 Å². The Balaban J connectivity index is 1.79. The van der Waals surface area contributed by atoms with Crippen molar-refractivity contribution in [2.24, 2.45) is 0 Å². The zero-order valence-corrected chi connectivity index (χ0v) is 21.7. The van der Waals surface area contributed by atoms with Gasteiger partial charge in [-0.25, -0.2) is 4.68 Å². The Hall–Kier alpha value is -2.54. The van der Waals surface area contributed by atoms with Crippen molar-refractivity contribution in [3.05, 3.63) is 51.1 Å². The summed E-state index contributed by atoms with van der Waals surface area (Å²) < 4.78 is 2.02. The first-order chi connectivity index (χ1) is 16.2. The number of hydrogen-bond donors (Lipinski definition) is 1. The molecule has 2 heterocycles. The molecule has 7 nitrogen and oxygen atoms in total. The first-order valence-electron chi connectivity index (χ1n) is 12.9. The second-order valence-corrected chi connectivity index (χ2v) is 10.7. The van der Waals surface area contributed by atoms with Gasteiger partial charge in [0.05, 0.1) is 17.1 Å². The minimum Gasteiger partial charge on any atom is -0.321 e. The molecular weight excluding hydrogens is 424 g/mol. The van der Waals surface area contributed by atoms with Gasteiger partial charge in [0, 0.05) is 18.2 Å². The smallest absolute Gasteiger partial charge is 0.252 e. The largest absolute Gasteiger partial charge is 0.321 e. The van der Waals surface area contributed by atoms with Crippen molar-refractivity contribution in [2.45, 2.75) is 111 Å². The minimum atomic E-state index is -0.165. The van der Waals surface area contributed by atoms with Crippen LogP contribution in [0, 0.1) is 13.8 Å². The molecule has 0 saturated heterocycles. The molecule has 4 rings (SSSR count). The molecule has 1 aliphatic carbocycles. The van der Waals surface area contributed by atoms with E-state index in [1.54, 1.807) is 0 Å². The molecule has 2 aromatic heterocycles. The lowest BCUT2D eigenvalue weighted by atomic mass is 9.99. The number of nitrogens with one attached hydrogen (secondary N) is 1. The zero-order valence-electron chi connectivity index (χ0n) is 21.7. The fourth-order valence-corrected chi connectivity index (χ4v) is 5.48. The van der Waals surface area contributed by atoms with E-state index in [2.05, 4.69) is 85.2 Å². The van der Waals surface area contributed by atoms with Gasteiger partial charge in [0.25, 0.3) is 5.56 Å². The molecule has 1 atom stereocenters. The highest BCUT2D eigenvalue weighted by molar-refractivity contribution is 5.82. The first kappa shape index (κ1) is 24.6. The Morgan fingerprint density at radius 3 is 2.59 bits per heavy atom. The predicted molar refractivity (Wildman–Crippen MR) is 137 cm³/mol. The summed E-state index contributed by atoms with van der Waals surface area (Å²) in [6.45, 7) is 13.5. The van der Waals surface area contributed by atoms with Gasteiger partial charge in [0.15, 0.2) is 5.82 Å². The van der Waals surface area contributed by atoms with Gasteiger partial charge in [0.1, 0.15) is 0 Å². The van der Waals surface area contributed by atoms with Crippen molar-refractivity contribution in [3.8, 4) is 0 Å². The number of tetrazole rings is 1. The molecule has 1 saturated carbocycles. The predicted octanol–water partition coefficient (Wildman–Crippen LogP) is 5.56. The van der Waals surface area contributed by atoms with E-state index in [4.69, 9.17) is 0 Å². The number of benzene rings is 1. The number of aryl methyl sites for hydroxylation is 2. The summed E-state index contributed by atoms with van der Waals surface area (Å²) in [5.74, 6) is 0.921. The second-order valence-electron chi connectivity index (χ2n) is 10.7. The van der Waals surface area contributed by atoms with Gasteiger partial charge >= 0.3 is 0 Å².